The highest BCUT2D eigenvalue weighted by atomic mass is 16.1. The van der Waals surface area contributed by atoms with Crippen LogP contribution in [0.4, 0.5) is 0 Å². The molecule has 3 aromatic heterocycles. The minimum absolute atomic E-state index is 0.307. The Hall–Kier alpha value is -3.48. The normalized spacial score (nSPS) is 12.0. The van der Waals surface area contributed by atoms with Gasteiger partial charge in [-0.3, -0.25) is 14.5 Å². The molecule has 0 bridgehead atoms. The summed E-state index contributed by atoms with van der Waals surface area (Å²) >= 11 is 0. The molecule has 3 heterocycles. The molecule has 7 nitrogen and oxygen atoms in total. The van der Waals surface area contributed by atoms with Gasteiger partial charge < -0.3 is 9.55 Å². The Kier molecular flexibility index (Phi) is 4.42. The highest BCUT2D eigenvalue weighted by Gasteiger charge is 2.10. The van der Waals surface area contributed by atoms with Crippen molar-refractivity contribution in [3.63, 3.8) is 0 Å². The van der Waals surface area contributed by atoms with Gasteiger partial charge >= 0.3 is 0 Å². The zero-order valence-electron chi connectivity index (χ0n) is 15.3. The van der Waals surface area contributed by atoms with Gasteiger partial charge in [0.05, 0.1) is 22.9 Å². The molecule has 0 aliphatic carbocycles. The Bertz CT molecular complexity index is 1180. The van der Waals surface area contributed by atoms with Crippen LogP contribution >= 0.6 is 0 Å². The van der Waals surface area contributed by atoms with Crippen LogP contribution in [0.3, 0.4) is 0 Å². The lowest BCUT2D eigenvalue weighted by Crippen LogP contribution is -2.21. The van der Waals surface area contributed by atoms with Gasteiger partial charge in [0.25, 0.3) is 5.91 Å². The molecule has 4 aromatic rings. The van der Waals surface area contributed by atoms with Crippen LogP contribution in [0.5, 0.6) is 0 Å². The highest BCUT2D eigenvalue weighted by molar-refractivity contribution is 5.95. The maximum Gasteiger partial charge on any atom is 0.280 e. The Morgan fingerprint density at radius 2 is 2.11 bits per heavy atom. The molecule has 1 aromatic carbocycles. The molecule has 1 amide bonds. The van der Waals surface area contributed by atoms with Crippen LogP contribution in [0.2, 0.25) is 0 Å². The van der Waals surface area contributed by atoms with E-state index in [4.69, 9.17) is 0 Å². The van der Waals surface area contributed by atoms with Crippen molar-refractivity contribution in [2.45, 2.75) is 19.9 Å². The number of hydrogen-bond acceptors (Lipinski definition) is 3. The number of nitrogens with one attached hydrogen (secondary N) is 1. The largest absolute Gasteiger partial charge is 0.324 e. The molecule has 0 aliphatic rings. The van der Waals surface area contributed by atoms with Crippen LogP contribution in [0.15, 0.2) is 60.0 Å². The van der Waals surface area contributed by atoms with Crippen LogP contribution in [-0.2, 0) is 13.6 Å². The minimum Gasteiger partial charge on any atom is -0.324 e. The molecule has 0 unspecified atom stereocenters. The Labute approximate surface area is 156 Å². The number of aryl methyl sites for hydroxylation is 2. The first-order valence-corrected chi connectivity index (χ1v) is 8.87. The number of aromatic amines is 1. The fourth-order valence-corrected chi connectivity index (χ4v) is 3.09. The summed E-state index contributed by atoms with van der Waals surface area (Å²) in [5, 5.41) is 4.15. The van der Waals surface area contributed by atoms with E-state index in [1.165, 1.54) is 0 Å². The van der Waals surface area contributed by atoms with Gasteiger partial charge in [-0.2, -0.15) is 10.1 Å². The maximum absolute atomic E-state index is 12.8. The second-order valence-electron chi connectivity index (χ2n) is 6.37. The van der Waals surface area contributed by atoms with Gasteiger partial charge in [-0.15, -0.1) is 0 Å². The Balaban J connectivity index is 1.76. The van der Waals surface area contributed by atoms with E-state index in [0.29, 0.717) is 16.9 Å². The fraction of sp³-hybridized carbons (Fsp3) is 0.200. The number of rotatable bonds is 4. The SMILES string of the molecule is CCCn1/c(=N/C(=O)c2ccnc(-c3cnn(C)c3)c2)[nH]c2ccccc21. The first kappa shape index (κ1) is 17.0. The van der Waals surface area contributed by atoms with Crippen molar-refractivity contribution in [2.24, 2.45) is 12.0 Å². The minimum atomic E-state index is -0.307. The number of carbonyl (C=O) groups is 1. The summed E-state index contributed by atoms with van der Waals surface area (Å²) in [4.78, 5) is 24.7. The summed E-state index contributed by atoms with van der Waals surface area (Å²) in [6.07, 6.45) is 6.15. The third-order valence-electron chi connectivity index (χ3n) is 4.36. The van der Waals surface area contributed by atoms with E-state index >= 15 is 0 Å². The summed E-state index contributed by atoms with van der Waals surface area (Å²) in [6.45, 7) is 2.89. The predicted octanol–water partition coefficient (Wildman–Crippen LogP) is 2.92. The lowest BCUT2D eigenvalue weighted by molar-refractivity contribution is 0.0996. The summed E-state index contributed by atoms with van der Waals surface area (Å²) in [6, 6.07) is 11.4. The Morgan fingerprint density at radius 1 is 1.26 bits per heavy atom. The summed E-state index contributed by atoms with van der Waals surface area (Å²) in [5.74, 6) is -0.307. The number of aromatic nitrogens is 5. The standard InChI is InChI=1S/C20H20N6O/c1-3-10-26-18-7-5-4-6-16(18)23-20(26)24-19(27)14-8-9-21-17(11-14)15-12-22-25(2)13-15/h4-9,11-13H,3,10H2,1-2H3,(H,23,24,27). The van der Waals surface area contributed by atoms with E-state index in [-0.39, 0.29) is 5.91 Å². The van der Waals surface area contributed by atoms with Crippen molar-refractivity contribution in [1.29, 1.82) is 0 Å². The topological polar surface area (TPSA) is 80.9 Å². The van der Waals surface area contributed by atoms with Crippen molar-refractivity contribution in [1.82, 2.24) is 24.3 Å². The summed E-state index contributed by atoms with van der Waals surface area (Å²) in [7, 11) is 1.84. The van der Waals surface area contributed by atoms with Crippen molar-refractivity contribution in [3.05, 3.63) is 66.2 Å². The second kappa shape index (κ2) is 7.03. The van der Waals surface area contributed by atoms with Crippen molar-refractivity contribution in [2.75, 3.05) is 0 Å². The number of hydrogen-bond donors (Lipinski definition) is 1. The summed E-state index contributed by atoms with van der Waals surface area (Å²) in [5.41, 5.74) is 4.61. The molecule has 0 fully saturated rings. The van der Waals surface area contributed by atoms with Crippen molar-refractivity contribution >= 4 is 16.9 Å². The monoisotopic (exact) mass is 360 g/mol. The van der Waals surface area contributed by atoms with Crippen LogP contribution in [0.1, 0.15) is 23.7 Å². The molecule has 4 rings (SSSR count). The molecule has 0 atom stereocenters. The molecule has 0 aliphatic heterocycles. The average molecular weight is 360 g/mol. The van der Waals surface area contributed by atoms with Gasteiger partial charge in [-0.25, -0.2) is 0 Å². The third kappa shape index (κ3) is 3.31. The molecule has 27 heavy (non-hydrogen) atoms. The third-order valence-corrected chi connectivity index (χ3v) is 4.36. The molecular weight excluding hydrogens is 340 g/mol. The van der Waals surface area contributed by atoms with E-state index < -0.39 is 0 Å². The zero-order chi connectivity index (χ0) is 18.8. The average Bonchev–Trinajstić information content (AvgIpc) is 3.26. The van der Waals surface area contributed by atoms with Gasteiger partial charge in [-0.05, 0) is 30.7 Å². The molecular formula is C20H20N6O. The van der Waals surface area contributed by atoms with Crippen LogP contribution in [-0.4, -0.2) is 30.2 Å². The number of benzene rings is 1. The number of amides is 1. The number of imidazole rings is 1. The maximum atomic E-state index is 12.8. The van der Waals surface area contributed by atoms with Crippen molar-refractivity contribution in [3.8, 4) is 11.3 Å². The molecule has 0 saturated heterocycles. The zero-order valence-corrected chi connectivity index (χ0v) is 15.3. The molecule has 0 saturated carbocycles. The molecule has 0 spiro atoms. The van der Waals surface area contributed by atoms with E-state index in [9.17, 15) is 4.79 Å². The fourth-order valence-electron chi connectivity index (χ4n) is 3.09. The van der Waals surface area contributed by atoms with Gasteiger partial charge in [0.15, 0.2) is 0 Å². The van der Waals surface area contributed by atoms with Gasteiger partial charge in [0.1, 0.15) is 0 Å². The molecule has 1 N–H and O–H groups in total. The number of para-hydroxylation sites is 2. The number of pyridine rings is 1. The van der Waals surface area contributed by atoms with Crippen LogP contribution in [0.25, 0.3) is 22.3 Å². The lowest BCUT2D eigenvalue weighted by Gasteiger charge is -2.02. The first-order chi connectivity index (χ1) is 13.2. The van der Waals surface area contributed by atoms with Gasteiger partial charge in [0.2, 0.25) is 5.62 Å². The van der Waals surface area contributed by atoms with E-state index in [1.807, 2.05) is 42.1 Å². The highest BCUT2D eigenvalue weighted by Crippen LogP contribution is 2.17. The summed E-state index contributed by atoms with van der Waals surface area (Å²) < 4.78 is 3.74. The predicted molar refractivity (Wildman–Crippen MR) is 103 cm³/mol. The molecule has 0 radical (unpaired) electrons. The van der Waals surface area contributed by atoms with E-state index in [0.717, 1.165) is 29.6 Å². The smallest absolute Gasteiger partial charge is 0.280 e. The number of fused-ring (bicyclic) bond motifs is 1. The van der Waals surface area contributed by atoms with Crippen LogP contribution < -0.4 is 5.62 Å². The molecule has 7 heteroatoms. The van der Waals surface area contributed by atoms with Crippen LogP contribution in [0, 0.1) is 0 Å². The van der Waals surface area contributed by atoms with E-state index in [2.05, 4.69) is 27.0 Å². The van der Waals surface area contributed by atoms with Crippen molar-refractivity contribution < 1.29 is 4.79 Å². The first-order valence-electron chi connectivity index (χ1n) is 8.87. The number of carbonyl (C=O) groups excluding carboxylic acids is 1. The lowest BCUT2D eigenvalue weighted by atomic mass is 10.1. The second-order valence-corrected chi connectivity index (χ2v) is 6.37. The van der Waals surface area contributed by atoms with Gasteiger partial charge in [0, 0.05) is 37.1 Å². The van der Waals surface area contributed by atoms with Gasteiger partial charge in [-0.1, -0.05) is 19.1 Å². The van der Waals surface area contributed by atoms with E-state index in [1.54, 1.807) is 29.2 Å². The number of nitrogens with zero attached hydrogens (tertiary/aromatic N) is 5. The quantitative estimate of drug-likeness (QED) is 0.607. The number of H-pyrrole nitrogens is 1. The molecule has 136 valence electrons. The Morgan fingerprint density at radius 3 is 2.89 bits per heavy atom.